The molecule has 3 N–H and O–H groups in total. The molecule has 0 aromatic carbocycles. The van der Waals surface area contributed by atoms with Gasteiger partial charge < -0.3 is 10.2 Å². The van der Waals surface area contributed by atoms with Crippen LogP contribution in [0.1, 0.15) is 0 Å². The van der Waals surface area contributed by atoms with Crippen molar-refractivity contribution in [3.8, 4) is 11.6 Å². The van der Waals surface area contributed by atoms with Gasteiger partial charge in [-0.2, -0.15) is 4.98 Å². The van der Waals surface area contributed by atoms with Crippen LogP contribution >= 0.6 is 11.8 Å². The van der Waals surface area contributed by atoms with Crippen molar-refractivity contribution in [1.29, 1.82) is 0 Å². The van der Waals surface area contributed by atoms with Crippen molar-refractivity contribution in [3.63, 3.8) is 0 Å². The van der Waals surface area contributed by atoms with E-state index in [-0.39, 0.29) is 5.75 Å². The van der Waals surface area contributed by atoms with Crippen molar-refractivity contribution in [1.82, 2.24) is 15.2 Å². The van der Waals surface area contributed by atoms with Crippen LogP contribution in [0.25, 0.3) is 11.6 Å². The number of rotatable bonds is 4. The first-order chi connectivity index (χ1) is 7.25. The third-order valence-corrected chi connectivity index (χ3v) is 2.43. The summed E-state index contributed by atoms with van der Waals surface area (Å²) in [4.78, 5) is 14.6. The minimum absolute atomic E-state index is 0.162. The van der Waals surface area contributed by atoms with Crippen molar-refractivity contribution in [3.05, 3.63) is 18.4 Å². The fourth-order valence-corrected chi connectivity index (χ4v) is 1.51. The van der Waals surface area contributed by atoms with Gasteiger partial charge in [-0.3, -0.25) is 9.89 Å². The third-order valence-electron chi connectivity index (χ3n) is 1.56. The van der Waals surface area contributed by atoms with E-state index in [1.807, 2.05) is 0 Å². The van der Waals surface area contributed by atoms with Gasteiger partial charge in [0.25, 0.3) is 0 Å². The standard InChI is InChI=1S/C8H8N4O2S/c9-6(13)4-15-8-10-7(11-12-8)5-2-1-3-14-5/h1-3H,4H2,(H2,9,13)(H,10,11,12). The number of amides is 1. The highest BCUT2D eigenvalue weighted by Gasteiger charge is 2.08. The maximum absolute atomic E-state index is 10.5. The molecule has 0 aliphatic heterocycles. The lowest BCUT2D eigenvalue weighted by atomic mass is 10.4. The molecule has 0 atom stereocenters. The van der Waals surface area contributed by atoms with Crippen LogP contribution in [0, 0.1) is 0 Å². The number of nitrogens with two attached hydrogens (primary N) is 1. The lowest BCUT2D eigenvalue weighted by molar-refractivity contribution is -0.115. The Morgan fingerprint density at radius 3 is 3.20 bits per heavy atom. The minimum atomic E-state index is -0.399. The van der Waals surface area contributed by atoms with Crippen molar-refractivity contribution in [2.45, 2.75) is 5.16 Å². The number of carbonyl (C=O) groups excluding carboxylic acids is 1. The zero-order valence-electron chi connectivity index (χ0n) is 7.64. The summed E-state index contributed by atoms with van der Waals surface area (Å²) in [5, 5.41) is 7.08. The number of nitrogens with one attached hydrogen (secondary N) is 1. The van der Waals surface area contributed by atoms with E-state index in [4.69, 9.17) is 10.2 Å². The van der Waals surface area contributed by atoms with E-state index >= 15 is 0 Å². The highest BCUT2D eigenvalue weighted by molar-refractivity contribution is 7.99. The van der Waals surface area contributed by atoms with Gasteiger partial charge >= 0.3 is 0 Å². The van der Waals surface area contributed by atoms with Gasteiger partial charge in [0, 0.05) is 0 Å². The Morgan fingerprint density at radius 1 is 1.67 bits per heavy atom. The van der Waals surface area contributed by atoms with E-state index < -0.39 is 5.91 Å². The molecule has 0 unspecified atom stereocenters. The molecule has 1 amide bonds. The molecule has 0 fully saturated rings. The number of furan rings is 1. The highest BCUT2D eigenvalue weighted by atomic mass is 32.2. The second kappa shape index (κ2) is 4.18. The number of thioether (sulfide) groups is 1. The average Bonchev–Trinajstić information content (AvgIpc) is 2.85. The minimum Gasteiger partial charge on any atom is -0.461 e. The summed E-state index contributed by atoms with van der Waals surface area (Å²) in [6.45, 7) is 0. The predicted molar refractivity (Wildman–Crippen MR) is 54.0 cm³/mol. The van der Waals surface area contributed by atoms with Gasteiger partial charge in [-0.15, -0.1) is 5.10 Å². The molecular formula is C8H8N4O2S. The van der Waals surface area contributed by atoms with Gasteiger partial charge in [0.2, 0.25) is 11.1 Å². The van der Waals surface area contributed by atoms with Crippen LogP contribution < -0.4 is 5.73 Å². The van der Waals surface area contributed by atoms with E-state index in [9.17, 15) is 4.79 Å². The van der Waals surface area contributed by atoms with Gasteiger partial charge in [0.1, 0.15) is 0 Å². The Kier molecular flexibility index (Phi) is 2.72. The van der Waals surface area contributed by atoms with E-state index in [0.717, 1.165) is 0 Å². The van der Waals surface area contributed by atoms with E-state index in [0.29, 0.717) is 16.7 Å². The number of primary amides is 1. The van der Waals surface area contributed by atoms with Crippen LogP contribution in [-0.2, 0) is 4.79 Å². The zero-order chi connectivity index (χ0) is 10.7. The summed E-state index contributed by atoms with van der Waals surface area (Å²) in [7, 11) is 0. The summed E-state index contributed by atoms with van der Waals surface area (Å²) in [5.74, 6) is 0.903. The number of aromatic nitrogens is 3. The summed E-state index contributed by atoms with van der Waals surface area (Å²) in [5.41, 5.74) is 5.00. The van der Waals surface area contributed by atoms with Crippen molar-refractivity contribution < 1.29 is 9.21 Å². The quantitative estimate of drug-likeness (QED) is 0.743. The first-order valence-electron chi connectivity index (χ1n) is 4.13. The van der Waals surface area contributed by atoms with Crippen LogP contribution in [0.2, 0.25) is 0 Å². The predicted octanol–water partition coefficient (Wildman–Crippen LogP) is 0.642. The molecule has 15 heavy (non-hydrogen) atoms. The number of aromatic amines is 1. The Morgan fingerprint density at radius 2 is 2.53 bits per heavy atom. The van der Waals surface area contributed by atoms with Crippen LogP contribution in [0.5, 0.6) is 0 Å². The first kappa shape index (κ1) is 9.78. The van der Waals surface area contributed by atoms with Crippen molar-refractivity contribution >= 4 is 17.7 Å². The number of H-pyrrole nitrogens is 1. The zero-order valence-corrected chi connectivity index (χ0v) is 8.45. The molecule has 78 valence electrons. The number of carbonyl (C=O) groups is 1. The van der Waals surface area contributed by atoms with Gasteiger partial charge in [0.05, 0.1) is 12.0 Å². The molecule has 2 rings (SSSR count). The normalized spacial score (nSPS) is 10.4. The molecule has 0 bridgehead atoms. The van der Waals surface area contributed by atoms with Crippen LogP contribution in [-0.4, -0.2) is 26.8 Å². The fraction of sp³-hybridized carbons (Fsp3) is 0.125. The van der Waals surface area contributed by atoms with E-state index in [1.54, 1.807) is 18.4 Å². The maximum Gasteiger partial charge on any atom is 0.227 e. The molecular weight excluding hydrogens is 216 g/mol. The monoisotopic (exact) mass is 224 g/mol. The van der Waals surface area contributed by atoms with E-state index in [1.165, 1.54) is 11.8 Å². The molecule has 0 saturated carbocycles. The number of nitrogens with zero attached hydrogens (tertiary/aromatic N) is 2. The summed E-state index contributed by atoms with van der Waals surface area (Å²) < 4.78 is 5.12. The SMILES string of the molecule is NC(=O)CSc1n[nH]c(-c2ccco2)n1. The molecule has 2 heterocycles. The Balaban J connectivity index is 2.08. The summed E-state index contributed by atoms with van der Waals surface area (Å²) >= 11 is 1.18. The molecule has 2 aromatic rings. The molecule has 0 spiro atoms. The first-order valence-corrected chi connectivity index (χ1v) is 5.11. The molecule has 0 aliphatic carbocycles. The highest BCUT2D eigenvalue weighted by Crippen LogP contribution is 2.18. The summed E-state index contributed by atoms with van der Waals surface area (Å²) in [6.07, 6.45) is 1.55. The van der Waals surface area contributed by atoms with Crippen LogP contribution in [0.4, 0.5) is 0 Å². The van der Waals surface area contributed by atoms with Gasteiger partial charge in [0.15, 0.2) is 11.6 Å². The van der Waals surface area contributed by atoms with Gasteiger partial charge in [-0.1, -0.05) is 11.8 Å². The van der Waals surface area contributed by atoms with Crippen molar-refractivity contribution in [2.75, 3.05) is 5.75 Å². The largest absolute Gasteiger partial charge is 0.461 e. The molecule has 0 radical (unpaired) electrons. The topological polar surface area (TPSA) is 97.8 Å². The average molecular weight is 224 g/mol. The smallest absolute Gasteiger partial charge is 0.227 e. The Bertz CT molecular complexity index is 451. The second-order valence-electron chi connectivity index (χ2n) is 2.70. The number of hydrogen-bond acceptors (Lipinski definition) is 5. The van der Waals surface area contributed by atoms with Crippen LogP contribution in [0.3, 0.4) is 0 Å². The van der Waals surface area contributed by atoms with E-state index in [2.05, 4.69) is 15.2 Å². The lowest BCUT2D eigenvalue weighted by Gasteiger charge is -1.89. The van der Waals surface area contributed by atoms with Crippen molar-refractivity contribution in [2.24, 2.45) is 5.73 Å². The van der Waals surface area contributed by atoms with Gasteiger partial charge in [-0.05, 0) is 12.1 Å². The van der Waals surface area contributed by atoms with Gasteiger partial charge in [-0.25, -0.2) is 0 Å². The molecule has 0 saturated heterocycles. The number of hydrogen-bond donors (Lipinski definition) is 2. The lowest BCUT2D eigenvalue weighted by Crippen LogP contribution is -2.13. The Labute approximate surface area is 89.3 Å². The second-order valence-corrected chi connectivity index (χ2v) is 3.64. The molecule has 2 aromatic heterocycles. The Hall–Kier alpha value is -1.76. The third kappa shape index (κ3) is 2.38. The van der Waals surface area contributed by atoms with Crippen LogP contribution in [0.15, 0.2) is 28.0 Å². The molecule has 7 heteroatoms. The molecule has 6 nitrogen and oxygen atoms in total. The summed E-state index contributed by atoms with van der Waals surface area (Å²) in [6, 6.07) is 3.52. The molecule has 0 aliphatic rings. The fourth-order valence-electron chi connectivity index (χ4n) is 0.970. The maximum atomic E-state index is 10.5.